The molecule has 0 bridgehead atoms. The molecule has 2 rings (SSSR count). The van der Waals surface area contributed by atoms with Gasteiger partial charge in [-0.05, 0) is 48.9 Å². The number of carbonyl (C=O) groups is 2. The first kappa shape index (κ1) is 18.0. The van der Waals surface area contributed by atoms with Crippen LogP contribution in [0.1, 0.15) is 15.9 Å². The minimum atomic E-state index is -0.561. The highest BCUT2D eigenvalue weighted by Gasteiger charge is 2.11. The summed E-state index contributed by atoms with van der Waals surface area (Å²) >= 11 is 6.01. The maximum atomic E-state index is 12.2. The minimum absolute atomic E-state index is 0.113. The second-order valence-corrected chi connectivity index (χ2v) is 5.53. The monoisotopic (exact) mass is 354 g/mol. The van der Waals surface area contributed by atoms with Gasteiger partial charge in [0, 0.05) is 28.2 Å². The second-order valence-electron chi connectivity index (χ2n) is 5.12. The number of primary amides is 1. The van der Waals surface area contributed by atoms with Crippen molar-refractivity contribution in [3.05, 3.63) is 70.4 Å². The van der Waals surface area contributed by atoms with Crippen LogP contribution in [0.5, 0.6) is 0 Å². The zero-order valence-corrected chi connectivity index (χ0v) is 14.1. The van der Waals surface area contributed by atoms with Gasteiger partial charge in [-0.25, -0.2) is 0 Å². The first-order valence-corrected chi connectivity index (χ1v) is 7.63. The van der Waals surface area contributed by atoms with Gasteiger partial charge in [-0.1, -0.05) is 17.7 Å². The summed E-state index contributed by atoms with van der Waals surface area (Å²) in [6, 6.07) is 13.3. The first-order chi connectivity index (χ1) is 11.9. The number of nitrogens with two attached hydrogens (primary N) is 1. The molecule has 25 heavy (non-hydrogen) atoms. The summed E-state index contributed by atoms with van der Waals surface area (Å²) in [5.41, 5.74) is 7.27. The highest BCUT2D eigenvalue weighted by Crippen LogP contribution is 2.23. The summed E-state index contributed by atoms with van der Waals surface area (Å²) in [7, 11) is 0. The number of benzene rings is 2. The number of nitriles is 1. The van der Waals surface area contributed by atoms with Gasteiger partial charge in [-0.15, -0.1) is 0 Å². The molecule has 0 spiro atoms. The molecule has 0 saturated carbocycles. The van der Waals surface area contributed by atoms with Crippen LogP contribution >= 0.6 is 11.6 Å². The number of nitrogens with zero attached hydrogens (tertiary/aromatic N) is 1. The fourth-order valence-corrected chi connectivity index (χ4v) is 2.14. The molecule has 0 aromatic heterocycles. The molecule has 0 radical (unpaired) electrons. The minimum Gasteiger partial charge on any atom is -0.366 e. The lowest BCUT2D eigenvalue weighted by molar-refractivity contribution is -0.112. The van der Waals surface area contributed by atoms with Gasteiger partial charge in [0.1, 0.15) is 11.6 Å². The van der Waals surface area contributed by atoms with Crippen molar-refractivity contribution in [3.8, 4) is 6.07 Å². The lowest BCUT2D eigenvalue weighted by Crippen LogP contribution is -2.15. The average molecular weight is 355 g/mol. The number of nitrogens with one attached hydrogen (secondary N) is 2. The first-order valence-electron chi connectivity index (χ1n) is 7.25. The Morgan fingerprint density at radius 3 is 2.48 bits per heavy atom. The largest absolute Gasteiger partial charge is 0.366 e. The van der Waals surface area contributed by atoms with Gasteiger partial charge in [-0.2, -0.15) is 5.26 Å². The number of amides is 2. The molecule has 0 unspecified atom stereocenters. The van der Waals surface area contributed by atoms with Gasteiger partial charge >= 0.3 is 0 Å². The van der Waals surface area contributed by atoms with Gasteiger partial charge < -0.3 is 16.4 Å². The van der Waals surface area contributed by atoms with E-state index in [1.165, 1.54) is 6.20 Å². The normalized spacial score (nSPS) is 10.7. The molecule has 0 saturated heterocycles. The van der Waals surface area contributed by atoms with Crippen LogP contribution in [0.15, 0.2) is 54.2 Å². The molecule has 0 aliphatic carbocycles. The maximum Gasteiger partial charge on any atom is 0.267 e. The molecule has 0 fully saturated rings. The van der Waals surface area contributed by atoms with Gasteiger partial charge in [-0.3, -0.25) is 9.59 Å². The predicted octanol–water partition coefficient (Wildman–Crippen LogP) is 3.21. The summed E-state index contributed by atoms with van der Waals surface area (Å²) in [5.74, 6) is -1.09. The molecular formula is C18H15ClN4O2. The van der Waals surface area contributed by atoms with E-state index in [1.807, 2.05) is 6.07 Å². The Morgan fingerprint density at radius 2 is 1.88 bits per heavy atom. The number of rotatable bonds is 5. The van der Waals surface area contributed by atoms with Crippen LogP contribution in [0.2, 0.25) is 5.02 Å². The van der Waals surface area contributed by atoms with Crippen molar-refractivity contribution < 1.29 is 9.59 Å². The SMILES string of the molecule is Cc1c(Cl)cccc1NC(=O)/C(C#N)=C\Nc1ccc(C(N)=O)cc1. The Bertz CT molecular complexity index is 883. The standard InChI is InChI=1S/C18H15ClN4O2/c1-11-15(19)3-2-4-16(11)23-18(25)13(9-20)10-22-14-7-5-12(6-8-14)17(21)24/h2-8,10,22H,1H3,(H2,21,24)(H,23,25)/b13-10-. The highest BCUT2D eigenvalue weighted by molar-refractivity contribution is 6.31. The van der Waals surface area contributed by atoms with Crippen molar-refractivity contribution in [2.45, 2.75) is 6.92 Å². The number of anilines is 2. The van der Waals surface area contributed by atoms with E-state index in [9.17, 15) is 14.9 Å². The Hall–Kier alpha value is -3.30. The van der Waals surface area contributed by atoms with Crippen molar-refractivity contribution in [2.75, 3.05) is 10.6 Å². The predicted molar refractivity (Wildman–Crippen MR) is 97.1 cm³/mol. The van der Waals surface area contributed by atoms with Gasteiger partial charge in [0.05, 0.1) is 0 Å². The molecule has 126 valence electrons. The lowest BCUT2D eigenvalue weighted by atomic mass is 10.2. The van der Waals surface area contributed by atoms with Crippen LogP contribution in [0.4, 0.5) is 11.4 Å². The Balaban J connectivity index is 2.11. The Morgan fingerprint density at radius 1 is 1.20 bits per heavy atom. The van der Waals surface area contributed by atoms with Crippen molar-refractivity contribution in [1.29, 1.82) is 5.26 Å². The lowest BCUT2D eigenvalue weighted by Gasteiger charge is -2.09. The zero-order valence-electron chi connectivity index (χ0n) is 13.3. The van der Waals surface area contributed by atoms with Gasteiger partial charge in [0.2, 0.25) is 5.91 Å². The number of halogens is 1. The van der Waals surface area contributed by atoms with E-state index < -0.39 is 11.8 Å². The van der Waals surface area contributed by atoms with Crippen LogP contribution in [0.25, 0.3) is 0 Å². The van der Waals surface area contributed by atoms with Crippen LogP contribution in [-0.2, 0) is 4.79 Å². The summed E-state index contributed by atoms with van der Waals surface area (Å²) in [4.78, 5) is 23.2. The zero-order chi connectivity index (χ0) is 18.4. The topological polar surface area (TPSA) is 108 Å². The fourth-order valence-electron chi connectivity index (χ4n) is 1.97. The molecule has 7 heteroatoms. The average Bonchev–Trinajstić information content (AvgIpc) is 2.60. The number of hydrogen-bond acceptors (Lipinski definition) is 4. The summed E-state index contributed by atoms with van der Waals surface area (Å²) < 4.78 is 0. The van der Waals surface area contributed by atoms with Gasteiger partial charge in [0.25, 0.3) is 5.91 Å². The number of carbonyl (C=O) groups excluding carboxylic acids is 2. The van der Waals surface area contributed by atoms with E-state index in [0.717, 1.165) is 0 Å². The van der Waals surface area contributed by atoms with Crippen LogP contribution < -0.4 is 16.4 Å². The second kappa shape index (κ2) is 7.99. The molecule has 0 aliphatic heterocycles. The fraction of sp³-hybridized carbons (Fsp3) is 0.0556. The van der Waals surface area contributed by atoms with E-state index in [0.29, 0.717) is 27.5 Å². The quantitative estimate of drug-likeness (QED) is 0.566. The summed E-state index contributed by atoms with van der Waals surface area (Å²) in [5, 5.41) is 15.2. The van der Waals surface area contributed by atoms with E-state index >= 15 is 0 Å². The van der Waals surface area contributed by atoms with Crippen LogP contribution in [0.3, 0.4) is 0 Å². The molecule has 2 aromatic carbocycles. The third kappa shape index (κ3) is 4.59. The van der Waals surface area contributed by atoms with Crippen molar-refractivity contribution in [1.82, 2.24) is 0 Å². The third-order valence-corrected chi connectivity index (χ3v) is 3.84. The molecule has 6 nitrogen and oxygen atoms in total. The molecular weight excluding hydrogens is 340 g/mol. The summed E-state index contributed by atoms with van der Waals surface area (Å²) in [6.45, 7) is 1.77. The third-order valence-electron chi connectivity index (χ3n) is 3.43. The molecule has 2 aromatic rings. The molecule has 4 N–H and O–H groups in total. The van der Waals surface area contributed by atoms with Crippen molar-refractivity contribution in [3.63, 3.8) is 0 Å². The highest BCUT2D eigenvalue weighted by atomic mass is 35.5. The van der Waals surface area contributed by atoms with Crippen molar-refractivity contribution >= 4 is 34.8 Å². The maximum absolute atomic E-state index is 12.2. The molecule has 0 heterocycles. The Kier molecular flexibility index (Phi) is 5.77. The molecule has 2 amide bonds. The van der Waals surface area contributed by atoms with Gasteiger partial charge in [0.15, 0.2) is 0 Å². The smallest absolute Gasteiger partial charge is 0.267 e. The van der Waals surface area contributed by atoms with Crippen molar-refractivity contribution in [2.24, 2.45) is 5.73 Å². The van der Waals surface area contributed by atoms with E-state index in [2.05, 4.69) is 10.6 Å². The summed E-state index contributed by atoms with van der Waals surface area (Å²) in [6.07, 6.45) is 1.29. The molecule has 0 atom stereocenters. The Labute approximate surface area is 149 Å². The van der Waals surface area contributed by atoms with E-state index in [-0.39, 0.29) is 5.57 Å². The van der Waals surface area contributed by atoms with Crippen LogP contribution in [-0.4, -0.2) is 11.8 Å². The number of hydrogen-bond donors (Lipinski definition) is 3. The molecule has 0 aliphatic rings. The van der Waals surface area contributed by atoms with E-state index in [1.54, 1.807) is 49.4 Å². The van der Waals surface area contributed by atoms with Crippen LogP contribution in [0, 0.1) is 18.3 Å². The van der Waals surface area contributed by atoms with E-state index in [4.69, 9.17) is 17.3 Å².